The smallest absolute Gasteiger partial charge is 0.162 e. The molecule has 1 aromatic heterocycles. The lowest BCUT2D eigenvalue weighted by molar-refractivity contribution is 0.296. The van der Waals surface area contributed by atoms with Crippen molar-refractivity contribution in [2.24, 2.45) is 9.98 Å². The highest BCUT2D eigenvalue weighted by Gasteiger charge is 2.21. The number of aliphatic imine (C=N–C) groups is 2. The van der Waals surface area contributed by atoms with Gasteiger partial charge in [-0.25, -0.2) is 9.98 Å². The fourth-order valence-electron chi connectivity index (χ4n) is 5.51. The van der Waals surface area contributed by atoms with Crippen molar-refractivity contribution in [1.82, 2.24) is 9.88 Å². The first-order valence-corrected chi connectivity index (χ1v) is 15.4. The molecule has 6 heteroatoms. The first-order chi connectivity index (χ1) is 22.1. The van der Waals surface area contributed by atoms with E-state index in [-0.39, 0.29) is 0 Å². The van der Waals surface area contributed by atoms with Crippen LogP contribution in [0.25, 0.3) is 28.0 Å². The monoisotopic (exact) mass is 594 g/mol. The van der Waals surface area contributed by atoms with Gasteiger partial charge in [-0.2, -0.15) is 0 Å². The summed E-state index contributed by atoms with van der Waals surface area (Å²) in [6.45, 7) is 7.38. The highest BCUT2D eigenvalue weighted by atomic mass is 16.5. The van der Waals surface area contributed by atoms with Crippen LogP contribution in [-0.4, -0.2) is 48.7 Å². The molecule has 0 unspecified atom stereocenters. The van der Waals surface area contributed by atoms with Crippen LogP contribution in [0.15, 0.2) is 125 Å². The molecule has 1 N–H and O–H groups in total. The summed E-state index contributed by atoms with van der Waals surface area (Å²) in [6, 6.07) is 37.3. The minimum atomic E-state index is 0.664. The first-order valence-electron chi connectivity index (χ1n) is 15.4. The Morgan fingerprint density at radius 2 is 1.29 bits per heavy atom. The van der Waals surface area contributed by atoms with Crippen molar-refractivity contribution < 1.29 is 9.47 Å². The maximum atomic E-state index is 5.39. The summed E-state index contributed by atoms with van der Waals surface area (Å²) >= 11 is 0. The van der Waals surface area contributed by atoms with Gasteiger partial charge in [-0.15, -0.1) is 0 Å². The third-order valence-electron chi connectivity index (χ3n) is 8.20. The number of hydrogen-bond acceptors (Lipinski definition) is 4. The molecule has 1 aliphatic heterocycles. The maximum absolute atomic E-state index is 5.39. The molecule has 45 heavy (non-hydrogen) atoms. The number of nitrogens with zero attached hydrogens (tertiary/aromatic N) is 3. The van der Waals surface area contributed by atoms with E-state index >= 15 is 0 Å². The molecular weight excluding hydrogens is 556 g/mol. The van der Waals surface area contributed by atoms with Gasteiger partial charge in [0.1, 0.15) is 17.3 Å². The van der Waals surface area contributed by atoms with Crippen LogP contribution in [0.4, 0.5) is 5.82 Å². The maximum Gasteiger partial charge on any atom is 0.162 e. The SMILES string of the molecule is CCN(CC)Cc1ccc(C2=CC(c3ccc(OC)cc3)=N/C2=N\c2[nH]c(-c3ccc(OC)cc3)cc2-c2ccccc2)cc1. The summed E-state index contributed by atoms with van der Waals surface area (Å²) in [7, 11) is 3.35. The predicted octanol–water partition coefficient (Wildman–Crippen LogP) is 8.82. The van der Waals surface area contributed by atoms with E-state index in [1.807, 2.05) is 54.6 Å². The van der Waals surface area contributed by atoms with Crippen LogP contribution in [-0.2, 0) is 6.54 Å². The van der Waals surface area contributed by atoms with Crippen molar-refractivity contribution in [3.8, 4) is 33.9 Å². The summed E-state index contributed by atoms with van der Waals surface area (Å²) in [5.74, 6) is 3.05. The second-order valence-electron chi connectivity index (χ2n) is 10.9. The number of ether oxygens (including phenoxy) is 2. The van der Waals surface area contributed by atoms with E-state index < -0.39 is 0 Å². The minimum Gasteiger partial charge on any atom is -0.497 e. The van der Waals surface area contributed by atoms with Crippen LogP contribution in [0.2, 0.25) is 0 Å². The van der Waals surface area contributed by atoms with Gasteiger partial charge in [-0.1, -0.05) is 68.4 Å². The number of methoxy groups -OCH3 is 2. The fourth-order valence-corrected chi connectivity index (χ4v) is 5.51. The lowest BCUT2D eigenvalue weighted by Crippen LogP contribution is -2.22. The molecule has 226 valence electrons. The minimum absolute atomic E-state index is 0.664. The van der Waals surface area contributed by atoms with E-state index in [9.17, 15) is 0 Å². The summed E-state index contributed by atoms with van der Waals surface area (Å²) < 4.78 is 10.8. The molecule has 0 atom stereocenters. The Morgan fingerprint density at radius 1 is 0.689 bits per heavy atom. The zero-order valence-electron chi connectivity index (χ0n) is 26.2. The van der Waals surface area contributed by atoms with Gasteiger partial charge in [0.15, 0.2) is 5.84 Å². The topological polar surface area (TPSA) is 62.2 Å². The number of H-pyrrole nitrogens is 1. The number of aromatic amines is 1. The van der Waals surface area contributed by atoms with Crippen molar-refractivity contribution in [2.75, 3.05) is 27.3 Å². The molecular formula is C39H38N4O2. The number of benzene rings is 4. The Kier molecular flexibility index (Phi) is 9.04. The molecule has 6 nitrogen and oxygen atoms in total. The van der Waals surface area contributed by atoms with Crippen LogP contribution >= 0.6 is 0 Å². The summed E-state index contributed by atoms with van der Waals surface area (Å²) in [5.41, 5.74) is 9.32. The van der Waals surface area contributed by atoms with Crippen molar-refractivity contribution >= 4 is 22.9 Å². The van der Waals surface area contributed by atoms with E-state index in [1.54, 1.807) is 14.2 Å². The summed E-state index contributed by atoms with van der Waals surface area (Å²) in [6.07, 6.45) is 2.13. The van der Waals surface area contributed by atoms with Crippen LogP contribution < -0.4 is 9.47 Å². The highest BCUT2D eigenvalue weighted by Crippen LogP contribution is 2.37. The van der Waals surface area contributed by atoms with E-state index in [2.05, 4.69) is 84.4 Å². The Bertz CT molecular complexity index is 1830. The Labute approximate surface area is 265 Å². The van der Waals surface area contributed by atoms with Crippen molar-refractivity contribution in [1.29, 1.82) is 0 Å². The number of nitrogens with one attached hydrogen (secondary N) is 1. The second kappa shape index (κ2) is 13.6. The molecule has 1 aliphatic rings. The van der Waals surface area contributed by atoms with Crippen LogP contribution in [0.1, 0.15) is 30.5 Å². The van der Waals surface area contributed by atoms with Gasteiger partial charge in [-0.05, 0) is 96.0 Å². The average Bonchev–Trinajstić information content (AvgIpc) is 3.73. The summed E-state index contributed by atoms with van der Waals surface area (Å²) in [4.78, 5) is 16.3. The molecule has 0 amide bonds. The first kappa shape index (κ1) is 29.9. The molecule has 4 aromatic carbocycles. The molecule has 2 heterocycles. The van der Waals surface area contributed by atoms with E-state index in [1.165, 1.54) is 5.56 Å². The van der Waals surface area contributed by atoms with Gasteiger partial charge in [0.2, 0.25) is 0 Å². The van der Waals surface area contributed by atoms with Crippen molar-refractivity contribution in [3.05, 3.63) is 132 Å². The Balaban J connectivity index is 1.44. The molecule has 0 saturated carbocycles. The Morgan fingerprint density at radius 3 is 1.89 bits per heavy atom. The fraction of sp³-hybridized carbons (Fsp3) is 0.179. The van der Waals surface area contributed by atoms with Gasteiger partial charge in [0.25, 0.3) is 0 Å². The molecule has 0 aliphatic carbocycles. The van der Waals surface area contributed by atoms with Gasteiger partial charge in [0, 0.05) is 28.9 Å². The molecule has 6 rings (SSSR count). The normalized spacial score (nSPS) is 13.7. The van der Waals surface area contributed by atoms with Gasteiger partial charge in [0.05, 0.1) is 19.9 Å². The molecule has 5 aromatic rings. The third kappa shape index (κ3) is 6.66. The van der Waals surface area contributed by atoms with Crippen molar-refractivity contribution in [2.45, 2.75) is 20.4 Å². The van der Waals surface area contributed by atoms with Gasteiger partial charge in [-0.3, -0.25) is 4.90 Å². The predicted molar refractivity (Wildman–Crippen MR) is 186 cm³/mol. The largest absolute Gasteiger partial charge is 0.497 e. The number of aromatic nitrogens is 1. The van der Waals surface area contributed by atoms with E-state index in [0.717, 1.165) is 81.7 Å². The number of allylic oxidation sites excluding steroid dienone is 1. The highest BCUT2D eigenvalue weighted by molar-refractivity contribution is 6.38. The van der Waals surface area contributed by atoms with Crippen LogP contribution in [0.5, 0.6) is 11.5 Å². The quantitative estimate of drug-likeness (QED) is 0.166. The van der Waals surface area contributed by atoms with Gasteiger partial charge < -0.3 is 14.5 Å². The lowest BCUT2D eigenvalue weighted by atomic mass is 10.0. The number of amidine groups is 1. The summed E-state index contributed by atoms with van der Waals surface area (Å²) in [5, 5.41) is 0. The zero-order chi connectivity index (χ0) is 31.2. The van der Waals surface area contributed by atoms with Crippen LogP contribution in [0, 0.1) is 0 Å². The number of rotatable bonds is 11. The molecule has 0 saturated heterocycles. The molecule has 0 bridgehead atoms. The second-order valence-corrected chi connectivity index (χ2v) is 10.9. The van der Waals surface area contributed by atoms with E-state index in [0.29, 0.717) is 5.84 Å². The zero-order valence-corrected chi connectivity index (χ0v) is 26.2. The molecule has 0 radical (unpaired) electrons. The number of hydrogen-bond donors (Lipinski definition) is 1. The van der Waals surface area contributed by atoms with Crippen LogP contribution in [0.3, 0.4) is 0 Å². The van der Waals surface area contributed by atoms with E-state index in [4.69, 9.17) is 19.5 Å². The van der Waals surface area contributed by atoms with Crippen molar-refractivity contribution in [3.63, 3.8) is 0 Å². The molecule has 0 spiro atoms. The molecule has 0 fully saturated rings. The standard InChI is InChI=1S/C39H38N4O2/c1-5-43(6-2)26-27-12-14-29(15-13-27)35-25-37(31-18-22-33(45-4)23-19-31)41-39(35)42-38-34(28-10-8-7-9-11-28)24-36(40-38)30-16-20-32(44-3)21-17-30/h7-25,40H,5-6,26H2,1-4H3/b42-39-. The third-order valence-corrected chi connectivity index (χ3v) is 8.20. The van der Waals surface area contributed by atoms with Gasteiger partial charge >= 0.3 is 0 Å². The lowest BCUT2D eigenvalue weighted by Gasteiger charge is -2.18. The Hall–Kier alpha value is -5.20. The average molecular weight is 595 g/mol.